The van der Waals surface area contributed by atoms with Gasteiger partial charge in [-0.25, -0.2) is 0 Å². The Labute approximate surface area is 128 Å². The van der Waals surface area contributed by atoms with Crippen LogP contribution < -0.4 is 4.72 Å². The molecule has 0 heterocycles. The van der Waals surface area contributed by atoms with Gasteiger partial charge in [-0.1, -0.05) is 59.7 Å². The highest BCUT2D eigenvalue weighted by atomic mass is 35.5. The normalized spacial score (nSPS) is 12.2. The lowest BCUT2D eigenvalue weighted by atomic mass is 9.51. The molecule has 1 aromatic rings. The third kappa shape index (κ3) is 4.36. The summed E-state index contributed by atoms with van der Waals surface area (Å²) >= 11 is 13.4. The zero-order valence-electron chi connectivity index (χ0n) is 12.7. The molecule has 104 valence electrons. The van der Waals surface area contributed by atoms with Crippen LogP contribution in [0.25, 0.3) is 0 Å². The first kappa shape index (κ1) is 16.8. The Kier molecular flexibility index (Phi) is 5.31. The Bertz CT molecular complexity index is 378. The fourth-order valence-electron chi connectivity index (χ4n) is 1.81. The van der Waals surface area contributed by atoms with Crippen LogP contribution >= 0.6 is 22.9 Å². The van der Waals surface area contributed by atoms with Crippen molar-refractivity contribution in [2.24, 2.45) is 0 Å². The van der Waals surface area contributed by atoms with E-state index in [1.165, 1.54) is 0 Å². The van der Waals surface area contributed by atoms with E-state index in [1.807, 2.05) is 18.2 Å². The number of hydrogen-bond acceptors (Lipinski definition) is 1. The minimum atomic E-state index is -0.170. The van der Waals surface area contributed by atoms with Crippen molar-refractivity contribution in [1.29, 1.82) is 0 Å². The van der Waals surface area contributed by atoms with Crippen molar-refractivity contribution in [1.82, 2.24) is 0 Å². The van der Waals surface area contributed by atoms with Gasteiger partial charge < -0.3 is 4.72 Å². The van der Waals surface area contributed by atoms with Gasteiger partial charge >= 0.3 is 12.5 Å². The van der Waals surface area contributed by atoms with Crippen molar-refractivity contribution in [3.05, 3.63) is 30.3 Å². The monoisotopic (exact) mass is 297 g/mol. The molecule has 0 saturated heterocycles. The van der Waals surface area contributed by atoms with E-state index in [0.717, 1.165) is 5.69 Å². The van der Waals surface area contributed by atoms with Crippen LogP contribution in [0.5, 0.6) is 0 Å². The molecule has 0 amide bonds. The van der Waals surface area contributed by atoms with Gasteiger partial charge in [0.2, 0.25) is 0 Å². The Morgan fingerprint density at radius 2 is 1.16 bits per heavy atom. The highest BCUT2D eigenvalue weighted by molar-refractivity contribution is 7.23. The van der Waals surface area contributed by atoms with E-state index in [-0.39, 0.29) is 23.2 Å². The van der Waals surface area contributed by atoms with Gasteiger partial charge in [0.05, 0.1) is 0 Å². The van der Waals surface area contributed by atoms with Crippen molar-refractivity contribution in [3.63, 3.8) is 0 Å². The molecule has 0 spiro atoms. The number of hydrogen-bond donors (Lipinski definition) is 0. The smallest absolute Gasteiger partial charge is 0.355 e. The van der Waals surface area contributed by atoms with Gasteiger partial charge in [-0.2, -0.15) is 22.9 Å². The van der Waals surface area contributed by atoms with Crippen LogP contribution in [0, 0.1) is 0 Å². The summed E-state index contributed by atoms with van der Waals surface area (Å²) in [5.41, 5.74) is 1.06. The average molecular weight is 298 g/mol. The van der Waals surface area contributed by atoms with E-state index in [9.17, 15) is 0 Å². The van der Waals surface area contributed by atoms with Crippen molar-refractivity contribution in [2.45, 2.75) is 52.2 Å². The molecule has 0 saturated carbocycles. The lowest BCUT2D eigenvalue weighted by molar-refractivity contribution is 0.731. The zero-order valence-corrected chi connectivity index (χ0v) is 14.3. The molecule has 0 radical (unpaired) electrons. The first-order chi connectivity index (χ1) is 8.55. The maximum Gasteiger partial charge on any atom is 0.355 e. The molecular formula is C14H23B2Cl2N. The predicted octanol–water partition coefficient (Wildman–Crippen LogP) is 5.55. The summed E-state index contributed by atoms with van der Waals surface area (Å²) in [5, 5.41) is -0.119. The SMILES string of the molecule is CC(C)(C)B(Cl)N(B(Cl)C(C)(C)C)c1ccccc1. The topological polar surface area (TPSA) is 3.24 Å². The van der Waals surface area contributed by atoms with E-state index in [0.29, 0.717) is 0 Å². The van der Waals surface area contributed by atoms with Gasteiger partial charge in [-0.15, -0.1) is 0 Å². The largest absolute Gasteiger partial charge is 0.433 e. The number of halogens is 2. The maximum atomic E-state index is 6.70. The van der Waals surface area contributed by atoms with E-state index < -0.39 is 0 Å². The van der Waals surface area contributed by atoms with Crippen LogP contribution in [-0.4, -0.2) is 12.5 Å². The summed E-state index contributed by atoms with van der Waals surface area (Å²) in [4.78, 5) is 0. The first-order valence-electron chi connectivity index (χ1n) is 6.66. The molecule has 0 atom stereocenters. The fraction of sp³-hybridized carbons (Fsp3) is 0.571. The predicted molar refractivity (Wildman–Crippen MR) is 91.6 cm³/mol. The lowest BCUT2D eigenvalue weighted by Gasteiger charge is -2.41. The molecule has 0 unspecified atom stereocenters. The van der Waals surface area contributed by atoms with Gasteiger partial charge in [0.1, 0.15) is 0 Å². The maximum absolute atomic E-state index is 6.70. The Morgan fingerprint density at radius 3 is 1.47 bits per heavy atom. The van der Waals surface area contributed by atoms with Crippen LogP contribution in [0.1, 0.15) is 41.5 Å². The molecule has 0 aliphatic rings. The fourth-order valence-corrected chi connectivity index (χ4v) is 2.32. The summed E-state index contributed by atoms with van der Waals surface area (Å²) in [5.74, 6) is 0. The molecule has 1 aromatic carbocycles. The summed E-state index contributed by atoms with van der Waals surface area (Å²) in [7, 11) is 0. The minimum Gasteiger partial charge on any atom is -0.433 e. The number of anilines is 1. The average Bonchev–Trinajstić information content (AvgIpc) is 2.28. The zero-order chi connectivity index (χ0) is 14.8. The highest BCUT2D eigenvalue weighted by Gasteiger charge is 2.43. The van der Waals surface area contributed by atoms with E-state index >= 15 is 0 Å². The molecule has 0 bridgehead atoms. The van der Waals surface area contributed by atoms with Gasteiger partial charge in [-0.3, -0.25) is 0 Å². The second-order valence-corrected chi connectivity index (χ2v) is 7.97. The standard InChI is InChI=1S/C14H23B2Cl2N/c1-13(2,3)15(17)19(16(18)14(4,5)6)12-10-8-7-9-11-12/h7-11H,1-6H3. The summed E-state index contributed by atoms with van der Waals surface area (Å²) in [6, 6.07) is 10.1. The van der Waals surface area contributed by atoms with Crippen LogP contribution in [0.2, 0.25) is 10.6 Å². The molecule has 0 aliphatic heterocycles. The molecule has 19 heavy (non-hydrogen) atoms. The third-order valence-corrected chi connectivity index (χ3v) is 4.70. The van der Waals surface area contributed by atoms with E-state index in [4.69, 9.17) is 22.9 Å². The van der Waals surface area contributed by atoms with Gasteiger partial charge in [0, 0.05) is 5.69 Å². The van der Waals surface area contributed by atoms with E-state index in [1.54, 1.807) is 0 Å². The number of nitrogens with zero attached hydrogens (tertiary/aromatic N) is 1. The van der Waals surface area contributed by atoms with Crippen molar-refractivity contribution < 1.29 is 0 Å². The Morgan fingerprint density at radius 1 is 0.789 bits per heavy atom. The third-order valence-electron chi connectivity index (χ3n) is 2.97. The molecular weight excluding hydrogens is 275 g/mol. The lowest BCUT2D eigenvalue weighted by Crippen LogP contribution is -2.52. The summed E-state index contributed by atoms with van der Waals surface area (Å²) < 4.78 is 2.11. The number of para-hydroxylation sites is 1. The van der Waals surface area contributed by atoms with Crippen LogP contribution in [0.4, 0.5) is 5.69 Å². The molecule has 1 nitrogen and oxygen atoms in total. The summed E-state index contributed by atoms with van der Waals surface area (Å²) in [6.07, 6.45) is -0.340. The van der Waals surface area contributed by atoms with E-state index in [2.05, 4.69) is 58.4 Å². The van der Waals surface area contributed by atoms with Crippen molar-refractivity contribution in [3.8, 4) is 0 Å². The van der Waals surface area contributed by atoms with Gasteiger partial charge in [0.25, 0.3) is 0 Å². The number of rotatable bonds is 3. The van der Waals surface area contributed by atoms with Crippen LogP contribution in [0.3, 0.4) is 0 Å². The second kappa shape index (κ2) is 6.01. The van der Waals surface area contributed by atoms with Gasteiger partial charge in [0.15, 0.2) is 0 Å². The molecule has 1 rings (SSSR count). The van der Waals surface area contributed by atoms with Crippen molar-refractivity contribution in [2.75, 3.05) is 4.72 Å². The van der Waals surface area contributed by atoms with Crippen molar-refractivity contribution >= 4 is 41.1 Å². The Balaban J connectivity index is 3.20. The second-order valence-electron chi connectivity index (χ2n) is 7.15. The highest BCUT2D eigenvalue weighted by Crippen LogP contribution is 2.40. The molecule has 5 heteroatoms. The Hall–Kier alpha value is -0.270. The summed E-state index contributed by atoms with van der Waals surface area (Å²) in [6.45, 7) is 12.8. The molecule has 0 fully saturated rings. The van der Waals surface area contributed by atoms with Crippen LogP contribution in [0.15, 0.2) is 30.3 Å². The minimum absolute atomic E-state index is 0.0597. The van der Waals surface area contributed by atoms with Gasteiger partial charge in [-0.05, 0) is 22.8 Å². The van der Waals surface area contributed by atoms with Crippen LogP contribution in [-0.2, 0) is 0 Å². The number of benzene rings is 1. The first-order valence-corrected chi connectivity index (χ1v) is 7.54. The molecule has 0 N–H and O–H groups in total. The quantitative estimate of drug-likeness (QED) is 0.661. The molecule has 0 aliphatic carbocycles. The molecule has 0 aromatic heterocycles.